The van der Waals surface area contributed by atoms with Crippen LogP contribution in [0.5, 0.6) is 0 Å². The van der Waals surface area contributed by atoms with Crippen molar-refractivity contribution >= 4 is 50.6 Å². The Morgan fingerprint density at radius 2 is 1.81 bits per heavy atom. The molecule has 8 heteroatoms. The van der Waals surface area contributed by atoms with Crippen molar-refractivity contribution in [2.24, 2.45) is 5.92 Å². The summed E-state index contributed by atoms with van der Waals surface area (Å²) in [7, 11) is 0. The standard InChI is InChI=1S/C29H28N6O2/c1-29(2)36-25-18(10-8-16-7-9-17-11-12-23(30)34-20(17)13-16)14-22(26(25)37-29)35-21-6-4-3-5-19(21)24-27(31)32-15-33-28(24)35/h3-13,15,18,22,25-26H,14H2,1-2H3,(H2,30,34)(H2,31,32,33)/b10-8+/t18-,22+,25+,26-/m0/s1. The van der Waals surface area contributed by atoms with Crippen LogP contribution in [0.1, 0.15) is 31.9 Å². The average molecular weight is 493 g/mol. The van der Waals surface area contributed by atoms with E-state index in [1.54, 1.807) is 0 Å². The Morgan fingerprint density at radius 1 is 1.00 bits per heavy atom. The third-order valence-electron chi connectivity index (χ3n) is 7.60. The lowest BCUT2D eigenvalue weighted by Crippen LogP contribution is -2.27. The maximum Gasteiger partial charge on any atom is 0.163 e. The molecule has 37 heavy (non-hydrogen) atoms. The minimum Gasteiger partial charge on any atom is -0.384 e. The van der Waals surface area contributed by atoms with Gasteiger partial charge in [0.05, 0.1) is 28.6 Å². The average Bonchev–Trinajstić information content (AvgIpc) is 3.49. The van der Waals surface area contributed by atoms with Crippen molar-refractivity contribution in [1.29, 1.82) is 0 Å². The molecule has 7 rings (SSSR count). The summed E-state index contributed by atoms with van der Waals surface area (Å²) in [4.78, 5) is 13.4. The van der Waals surface area contributed by atoms with Gasteiger partial charge in [-0.05, 0) is 50.1 Å². The van der Waals surface area contributed by atoms with Crippen molar-refractivity contribution in [3.05, 3.63) is 72.6 Å². The lowest BCUT2D eigenvalue weighted by Gasteiger charge is -2.24. The number of hydrogen-bond acceptors (Lipinski definition) is 7. The Kier molecular flexibility index (Phi) is 4.80. The molecule has 5 aromatic rings. The van der Waals surface area contributed by atoms with E-state index in [2.05, 4.69) is 62.0 Å². The molecule has 4 atom stereocenters. The second-order valence-electron chi connectivity index (χ2n) is 10.4. The maximum absolute atomic E-state index is 6.51. The summed E-state index contributed by atoms with van der Waals surface area (Å²) in [5, 5.41) is 3.00. The van der Waals surface area contributed by atoms with E-state index in [4.69, 9.17) is 20.9 Å². The number of nitrogens with two attached hydrogens (primary N) is 2. The zero-order valence-corrected chi connectivity index (χ0v) is 20.7. The maximum atomic E-state index is 6.51. The minimum absolute atomic E-state index is 0.0243. The predicted octanol–water partition coefficient (Wildman–Crippen LogP) is 5.09. The van der Waals surface area contributed by atoms with E-state index in [0.717, 1.165) is 44.8 Å². The highest BCUT2D eigenvalue weighted by Crippen LogP contribution is 2.49. The molecule has 1 aliphatic carbocycles. The van der Waals surface area contributed by atoms with Gasteiger partial charge < -0.3 is 25.5 Å². The Labute approximate surface area is 213 Å². The van der Waals surface area contributed by atoms with Crippen LogP contribution >= 0.6 is 0 Å². The Morgan fingerprint density at radius 3 is 2.70 bits per heavy atom. The molecule has 3 aromatic heterocycles. The quantitative estimate of drug-likeness (QED) is 0.360. The van der Waals surface area contributed by atoms with E-state index >= 15 is 0 Å². The van der Waals surface area contributed by atoms with Crippen LogP contribution in [0.3, 0.4) is 0 Å². The van der Waals surface area contributed by atoms with Gasteiger partial charge in [0.2, 0.25) is 0 Å². The number of rotatable bonds is 3. The molecule has 2 aliphatic rings. The molecule has 0 bridgehead atoms. The minimum atomic E-state index is -0.669. The molecule has 1 saturated carbocycles. The van der Waals surface area contributed by atoms with E-state index in [0.29, 0.717) is 11.6 Å². The third-order valence-corrected chi connectivity index (χ3v) is 7.60. The number of hydrogen-bond donors (Lipinski definition) is 2. The normalized spacial score (nSPS) is 25.0. The largest absolute Gasteiger partial charge is 0.384 e. The molecule has 2 aromatic carbocycles. The fourth-order valence-electron chi connectivity index (χ4n) is 6.10. The number of aromatic nitrogens is 4. The van der Waals surface area contributed by atoms with E-state index in [9.17, 15) is 0 Å². The highest BCUT2D eigenvalue weighted by molar-refractivity contribution is 6.11. The summed E-state index contributed by atoms with van der Waals surface area (Å²) in [6, 6.07) is 18.3. The molecule has 0 unspecified atom stereocenters. The van der Waals surface area contributed by atoms with Crippen LogP contribution < -0.4 is 11.5 Å². The van der Waals surface area contributed by atoms with Gasteiger partial charge in [-0.1, -0.05) is 42.5 Å². The molecule has 1 saturated heterocycles. The molecule has 0 radical (unpaired) electrons. The monoisotopic (exact) mass is 492 g/mol. The number of para-hydroxylation sites is 1. The summed E-state index contributed by atoms with van der Waals surface area (Å²) < 4.78 is 15.3. The van der Waals surface area contributed by atoms with Crippen LogP contribution in [0, 0.1) is 5.92 Å². The third kappa shape index (κ3) is 3.55. The second-order valence-corrected chi connectivity index (χ2v) is 10.4. The number of ether oxygens (including phenoxy) is 2. The smallest absolute Gasteiger partial charge is 0.163 e. The number of fused-ring (bicyclic) bond motifs is 5. The molecule has 186 valence electrons. The molecule has 8 nitrogen and oxygen atoms in total. The first-order chi connectivity index (χ1) is 17.9. The van der Waals surface area contributed by atoms with Gasteiger partial charge in [0.15, 0.2) is 5.79 Å². The molecule has 4 N–H and O–H groups in total. The molecule has 0 spiro atoms. The van der Waals surface area contributed by atoms with Crippen LogP contribution in [0.2, 0.25) is 0 Å². The number of anilines is 2. The van der Waals surface area contributed by atoms with Gasteiger partial charge in [0.25, 0.3) is 0 Å². The Balaban J connectivity index is 1.30. The SMILES string of the molecule is CC1(C)O[C@@H]2[C@H](O1)[C@@H](/C=C/c1ccc3ccc(N)nc3c1)C[C@H]2n1c2ccccc2c2c(N)ncnc21. The van der Waals surface area contributed by atoms with E-state index in [1.165, 1.54) is 6.33 Å². The molecular weight excluding hydrogens is 464 g/mol. The molecule has 0 amide bonds. The number of benzene rings is 2. The highest BCUT2D eigenvalue weighted by atomic mass is 16.8. The summed E-state index contributed by atoms with van der Waals surface area (Å²) >= 11 is 0. The second kappa shape index (κ2) is 7.99. The molecule has 4 heterocycles. The van der Waals surface area contributed by atoms with Crippen LogP contribution in [0.15, 0.2) is 67.0 Å². The molecule has 2 fully saturated rings. The summed E-state index contributed by atoms with van der Waals surface area (Å²) in [5.74, 6) is 0.485. The summed E-state index contributed by atoms with van der Waals surface area (Å²) in [6.07, 6.45) is 6.56. The molecule has 1 aliphatic heterocycles. The Hall–Kier alpha value is -4.01. The van der Waals surface area contributed by atoms with Gasteiger partial charge >= 0.3 is 0 Å². The lowest BCUT2D eigenvalue weighted by atomic mass is 10.0. The Bertz CT molecular complexity index is 1710. The van der Waals surface area contributed by atoms with E-state index in [-0.39, 0.29) is 24.2 Å². The fraction of sp³-hybridized carbons (Fsp3) is 0.276. The first-order valence-corrected chi connectivity index (χ1v) is 12.6. The van der Waals surface area contributed by atoms with Crippen LogP contribution in [-0.2, 0) is 9.47 Å². The van der Waals surface area contributed by atoms with Gasteiger partial charge in [-0.3, -0.25) is 0 Å². The van der Waals surface area contributed by atoms with Crippen molar-refractivity contribution in [3.8, 4) is 0 Å². The first-order valence-electron chi connectivity index (χ1n) is 12.6. The van der Waals surface area contributed by atoms with Crippen LogP contribution in [-0.4, -0.2) is 37.5 Å². The van der Waals surface area contributed by atoms with Gasteiger partial charge in [-0.15, -0.1) is 0 Å². The van der Waals surface area contributed by atoms with Gasteiger partial charge in [0.1, 0.15) is 29.7 Å². The first kappa shape index (κ1) is 22.2. The number of pyridine rings is 1. The number of nitrogen functional groups attached to an aromatic ring is 2. The predicted molar refractivity (Wildman–Crippen MR) is 146 cm³/mol. The van der Waals surface area contributed by atoms with Gasteiger partial charge in [-0.2, -0.15) is 0 Å². The van der Waals surface area contributed by atoms with Crippen LogP contribution in [0.25, 0.3) is 38.9 Å². The highest BCUT2D eigenvalue weighted by Gasteiger charge is 2.54. The zero-order chi connectivity index (χ0) is 25.3. The topological polar surface area (TPSA) is 114 Å². The fourth-order valence-corrected chi connectivity index (χ4v) is 6.10. The lowest BCUT2D eigenvalue weighted by molar-refractivity contribution is -0.158. The van der Waals surface area contributed by atoms with Crippen molar-refractivity contribution < 1.29 is 9.47 Å². The van der Waals surface area contributed by atoms with Crippen molar-refractivity contribution in [1.82, 2.24) is 19.5 Å². The van der Waals surface area contributed by atoms with Gasteiger partial charge in [-0.25, -0.2) is 15.0 Å². The van der Waals surface area contributed by atoms with Crippen molar-refractivity contribution in [3.63, 3.8) is 0 Å². The summed E-state index contributed by atoms with van der Waals surface area (Å²) in [5.41, 5.74) is 16.1. The van der Waals surface area contributed by atoms with E-state index in [1.807, 2.05) is 38.1 Å². The number of nitrogens with zero attached hydrogens (tertiary/aromatic N) is 4. The summed E-state index contributed by atoms with van der Waals surface area (Å²) in [6.45, 7) is 3.96. The van der Waals surface area contributed by atoms with Crippen molar-refractivity contribution in [2.45, 2.75) is 44.3 Å². The van der Waals surface area contributed by atoms with Crippen LogP contribution in [0.4, 0.5) is 11.6 Å². The molecular formula is C29H28N6O2. The van der Waals surface area contributed by atoms with E-state index < -0.39 is 5.79 Å². The van der Waals surface area contributed by atoms with Crippen molar-refractivity contribution in [2.75, 3.05) is 11.5 Å². The van der Waals surface area contributed by atoms with Gasteiger partial charge in [0, 0.05) is 16.7 Å². The zero-order valence-electron chi connectivity index (χ0n) is 20.7.